The van der Waals surface area contributed by atoms with Gasteiger partial charge in [0.25, 0.3) is 0 Å². The number of rotatable bonds is 5. The lowest BCUT2D eigenvalue weighted by molar-refractivity contribution is 0.0589. The van der Waals surface area contributed by atoms with Gasteiger partial charge in [0.05, 0.1) is 0 Å². The van der Waals surface area contributed by atoms with Gasteiger partial charge < -0.3 is 14.8 Å². The van der Waals surface area contributed by atoms with Gasteiger partial charge in [0, 0.05) is 29.1 Å². The molecular weight excluding hydrogens is 400 g/mol. The second-order valence-electron chi connectivity index (χ2n) is 7.79. The van der Waals surface area contributed by atoms with Crippen molar-refractivity contribution >= 4 is 34.8 Å². The van der Waals surface area contributed by atoms with Crippen molar-refractivity contribution in [2.24, 2.45) is 0 Å². The van der Waals surface area contributed by atoms with Crippen molar-refractivity contribution in [3.8, 4) is 11.5 Å². The highest BCUT2D eigenvalue weighted by atomic mass is 35.5. The van der Waals surface area contributed by atoms with Crippen LogP contribution in [0.2, 0.25) is 5.02 Å². The third kappa shape index (κ3) is 6.16. The molecule has 0 atom stereocenters. The first-order valence-corrected chi connectivity index (χ1v) is 9.95. The average molecular weight is 425 g/mol. The quantitative estimate of drug-likeness (QED) is 0.468. The van der Waals surface area contributed by atoms with E-state index in [1.165, 1.54) is 4.90 Å². The Morgan fingerprint density at radius 2 is 1.30 bits per heavy atom. The van der Waals surface area contributed by atoms with E-state index >= 15 is 0 Å². The summed E-state index contributed by atoms with van der Waals surface area (Å²) in [5.41, 5.74) is 2.08. The van der Waals surface area contributed by atoms with E-state index in [-0.39, 0.29) is 0 Å². The molecule has 0 heterocycles. The van der Waals surface area contributed by atoms with Crippen molar-refractivity contribution in [1.29, 1.82) is 0 Å². The van der Waals surface area contributed by atoms with Crippen molar-refractivity contribution in [3.63, 3.8) is 0 Å². The Hall–Kier alpha value is -3.18. The molecule has 0 aliphatic rings. The summed E-state index contributed by atoms with van der Waals surface area (Å²) in [7, 11) is 1.68. The number of amides is 1. The predicted molar refractivity (Wildman–Crippen MR) is 122 cm³/mol. The van der Waals surface area contributed by atoms with Crippen LogP contribution in [0.1, 0.15) is 20.8 Å². The number of anilines is 3. The highest BCUT2D eigenvalue weighted by molar-refractivity contribution is 6.30. The van der Waals surface area contributed by atoms with Gasteiger partial charge >= 0.3 is 6.09 Å². The summed E-state index contributed by atoms with van der Waals surface area (Å²) in [5, 5.41) is 4.01. The summed E-state index contributed by atoms with van der Waals surface area (Å²) in [6.07, 6.45) is -0.403. The zero-order chi connectivity index (χ0) is 21.7. The lowest BCUT2D eigenvalue weighted by Crippen LogP contribution is -2.34. The summed E-state index contributed by atoms with van der Waals surface area (Å²) in [6, 6.07) is 22.4. The van der Waals surface area contributed by atoms with Gasteiger partial charge in [-0.05, 0) is 93.6 Å². The average Bonchev–Trinajstić information content (AvgIpc) is 2.70. The molecule has 1 amide bonds. The predicted octanol–water partition coefficient (Wildman–Crippen LogP) is 7.25. The Labute approximate surface area is 182 Å². The number of hydrogen-bond donors (Lipinski definition) is 1. The first-order chi connectivity index (χ1) is 14.2. The van der Waals surface area contributed by atoms with Crippen molar-refractivity contribution in [1.82, 2.24) is 0 Å². The number of carbonyl (C=O) groups excluding carboxylic acids is 1. The Morgan fingerprint density at radius 3 is 1.80 bits per heavy atom. The molecule has 0 spiro atoms. The Morgan fingerprint density at radius 1 is 0.833 bits per heavy atom. The highest BCUT2D eigenvalue weighted by Crippen LogP contribution is 2.27. The van der Waals surface area contributed by atoms with Crippen LogP contribution in [0.4, 0.5) is 21.9 Å². The molecule has 0 bridgehead atoms. The largest absolute Gasteiger partial charge is 0.457 e. The van der Waals surface area contributed by atoms with Crippen LogP contribution in [0.3, 0.4) is 0 Å². The molecule has 6 heteroatoms. The Balaban J connectivity index is 1.60. The molecule has 0 saturated carbocycles. The monoisotopic (exact) mass is 424 g/mol. The SMILES string of the molecule is CN(C(=O)OC(C)(C)C)c1ccc(Oc2ccc(Nc3ccc(Cl)cc3)cc2)cc1. The normalized spacial score (nSPS) is 11.0. The molecule has 1 N–H and O–H groups in total. The summed E-state index contributed by atoms with van der Waals surface area (Å²) >= 11 is 5.91. The third-order valence-electron chi connectivity index (χ3n) is 4.11. The number of benzene rings is 3. The van der Waals surface area contributed by atoms with Gasteiger partial charge in [-0.2, -0.15) is 0 Å². The third-order valence-corrected chi connectivity index (χ3v) is 4.37. The fourth-order valence-corrected chi connectivity index (χ4v) is 2.74. The van der Waals surface area contributed by atoms with Crippen LogP contribution in [-0.4, -0.2) is 18.7 Å². The maximum absolute atomic E-state index is 12.2. The van der Waals surface area contributed by atoms with E-state index in [4.69, 9.17) is 21.1 Å². The topological polar surface area (TPSA) is 50.8 Å². The number of nitrogens with one attached hydrogen (secondary N) is 1. The molecule has 5 nitrogen and oxygen atoms in total. The van der Waals surface area contributed by atoms with E-state index in [0.717, 1.165) is 17.1 Å². The van der Waals surface area contributed by atoms with Gasteiger partial charge in [0.2, 0.25) is 0 Å². The summed E-state index contributed by atoms with van der Waals surface area (Å²) in [5.74, 6) is 1.39. The minimum absolute atomic E-state index is 0.403. The van der Waals surface area contributed by atoms with Crippen LogP contribution in [-0.2, 0) is 4.74 Å². The Kier molecular flexibility index (Phi) is 6.53. The van der Waals surface area contributed by atoms with Gasteiger partial charge in [-0.25, -0.2) is 4.79 Å². The minimum atomic E-state index is -0.539. The molecule has 3 rings (SSSR count). The van der Waals surface area contributed by atoms with Crippen molar-refractivity contribution in [2.45, 2.75) is 26.4 Å². The van der Waals surface area contributed by atoms with Crippen molar-refractivity contribution in [2.75, 3.05) is 17.3 Å². The zero-order valence-corrected chi connectivity index (χ0v) is 18.2. The zero-order valence-electron chi connectivity index (χ0n) is 17.5. The summed E-state index contributed by atoms with van der Waals surface area (Å²) in [4.78, 5) is 13.6. The molecule has 3 aromatic carbocycles. The van der Waals surface area contributed by atoms with E-state index < -0.39 is 11.7 Å². The van der Waals surface area contributed by atoms with E-state index in [0.29, 0.717) is 16.5 Å². The fraction of sp³-hybridized carbons (Fsp3) is 0.208. The second-order valence-corrected chi connectivity index (χ2v) is 8.23. The molecule has 0 radical (unpaired) electrons. The van der Waals surface area contributed by atoms with Crippen LogP contribution < -0.4 is 15.0 Å². The van der Waals surface area contributed by atoms with E-state index in [1.807, 2.05) is 93.6 Å². The van der Waals surface area contributed by atoms with Gasteiger partial charge in [0.15, 0.2) is 0 Å². The highest BCUT2D eigenvalue weighted by Gasteiger charge is 2.20. The number of carbonyl (C=O) groups is 1. The molecule has 0 fully saturated rings. The molecule has 30 heavy (non-hydrogen) atoms. The Bertz CT molecular complexity index is 979. The molecule has 0 aliphatic heterocycles. The number of nitrogens with zero attached hydrogens (tertiary/aromatic N) is 1. The second kappa shape index (κ2) is 9.09. The maximum Gasteiger partial charge on any atom is 0.414 e. The summed E-state index contributed by atoms with van der Waals surface area (Å²) in [6.45, 7) is 5.52. The van der Waals surface area contributed by atoms with Gasteiger partial charge in [0.1, 0.15) is 17.1 Å². The van der Waals surface area contributed by atoms with Crippen LogP contribution in [0.5, 0.6) is 11.5 Å². The molecule has 156 valence electrons. The van der Waals surface area contributed by atoms with Gasteiger partial charge in [-0.15, -0.1) is 0 Å². The van der Waals surface area contributed by atoms with Crippen molar-refractivity contribution in [3.05, 3.63) is 77.8 Å². The smallest absolute Gasteiger partial charge is 0.414 e. The first-order valence-electron chi connectivity index (χ1n) is 9.57. The van der Waals surface area contributed by atoms with Crippen LogP contribution >= 0.6 is 11.6 Å². The van der Waals surface area contributed by atoms with Crippen LogP contribution in [0, 0.1) is 0 Å². The van der Waals surface area contributed by atoms with Gasteiger partial charge in [-0.3, -0.25) is 4.90 Å². The molecule has 0 unspecified atom stereocenters. The molecule has 3 aromatic rings. The number of halogens is 1. The van der Waals surface area contributed by atoms with Crippen molar-refractivity contribution < 1.29 is 14.3 Å². The maximum atomic E-state index is 12.2. The van der Waals surface area contributed by atoms with E-state index in [1.54, 1.807) is 7.05 Å². The van der Waals surface area contributed by atoms with E-state index in [9.17, 15) is 4.79 Å². The standard InChI is InChI=1S/C24H25ClN2O3/c1-24(2,3)30-23(28)27(4)20-11-15-22(16-12-20)29-21-13-9-19(10-14-21)26-18-7-5-17(25)6-8-18/h5-16,26H,1-4H3. The number of ether oxygens (including phenoxy) is 2. The molecule has 0 aromatic heterocycles. The summed E-state index contributed by atoms with van der Waals surface area (Å²) < 4.78 is 11.3. The molecular formula is C24H25ClN2O3. The lowest BCUT2D eigenvalue weighted by atomic mass is 10.2. The minimum Gasteiger partial charge on any atom is -0.457 e. The lowest BCUT2D eigenvalue weighted by Gasteiger charge is -2.24. The number of hydrogen-bond acceptors (Lipinski definition) is 4. The van der Waals surface area contributed by atoms with Gasteiger partial charge in [-0.1, -0.05) is 11.6 Å². The fourth-order valence-electron chi connectivity index (χ4n) is 2.62. The molecule has 0 aliphatic carbocycles. The van der Waals surface area contributed by atoms with E-state index in [2.05, 4.69) is 5.32 Å². The first kappa shape index (κ1) is 21.5. The van der Waals surface area contributed by atoms with Crippen LogP contribution in [0.25, 0.3) is 0 Å². The molecule has 0 saturated heterocycles. The van der Waals surface area contributed by atoms with Crippen LogP contribution in [0.15, 0.2) is 72.8 Å².